The summed E-state index contributed by atoms with van der Waals surface area (Å²) in [5.41, 5.74) is 0. The molecule has 3 aliphatic carbocycles. The second-order valence-corrected chi connectivity index (χ2v) is 4.73. The van der Waals surface area contributed by atoms with Crippen molar-refractivity contribution in [3.63, 3.8) is 0 Å². The molecule has 0 spiro atoms. The zero-order chi connectivity index (χ0) is 8.67. The summed E-state index contributed by atoms with van der Waals surface area (Å²) < 4.78 is 0. The van der Waals surface area contributed by atoms with Crippen LogP contribution in [0.3, 0.4) is 0 Å². The van der Waals surface area contributed by atoms with Gasteiger partial charge in [-0.25, -0.2) is 0 Å². The zero-order valence-corrected chi connectivity index (χ0v) is 10.1. The largest absolute Gasteiger partial charge is 0.318 e. The van der Waals surface area contributed by atoms with Crippen LogP contribution in [-0.2, 0) is 21.7 Å². The van der Waals surface area contributed by atoms with E-state index in [1.54, 1.807) is 0 Å². The summed E-state index contributed by atoms with van der Waals surface area (Å²) in [5, 5.41) is 0. The van der Waals surface area contributed by atoms with Crippen molar-refractivity contribution in [3.05, 3.63) is 30.7 Å². The van der Waals surface area contributed by atoms with Gasteiger partial charge in [-0.1, -0.05) is 49.8 Å². The van der Waals surface area contributed by atoms with Crippen molar-refractivity contribution in [2.75, 3.05) is 0 Å². The first-order chi connectivity index (χ1) is 6.45. The quantitative estimate of drug-likeness (QED) is 0.434. The van der Waals surface area contributed by atoms with Crippen LogP contribution in [0.5, 0.6) is 0 Å². The monoisotopic (exact) mass is 221 g/mol. The van der Waals surface area contributed by atoms with E-state index in [0.717, 1.165) is 23.7 Å². The molecule has 0 aliphatic heterocycles. The standard InChI is InChI=1S/C13H17.Ti/c1-3-7-12-10(5-1)9-11-6-2-4-8-13(11)12;/h1,3,5,7,9-13H,2,4,6,8H2;/q-1;. The molecule has 4 atom stereocenters. The molecular formula is C13H17Ti-. The van der Waals surface area contributed by atoms with Crippen LogP contribution < -0.4 is 0 Å². The fraction of sp³-hybridized carbons (Fsp3) is 0.615. The molecule has 0 nitrogen and oxygen atoms in total. The van der Waals surface area contributed by atoms with Gasteiger partial charge in [0.2, 0.25) is 0 Å². The topological polar surface area (TPSA) is 0 Å². The molecule has 74 valence electrons. The van der Waals surface area contributed by atoms with E-state index in [0.29, 0.717) is 0 Å². The van der Waals surface area contributed by atoms with Gasteiger partial charge in [0.05, 0.1) is 0 Å². The third-order valence-electron chi connectivity index (χ3n) is 4.06. The van der Waals surface area contributed by atoms with Gasteiger partial charge in [0, 0.05) is 21.7 Å². The average molecular weight is 221 g/mol. The zero-order valence-electron chi connectivity index (χ0n) is 8.52. The Hall–Kier alpha value is 0.194. The van der Waals surface area contributed by atoms with Crippen LogP contribution in [0.2, 0.25) is 0 Å². The molecule has 0 amide bonds. The first-order valence-corrected chi connectivity index (χ1v) is 5.65. The average Bonchev–Trinajstić information content (AvgIpc) is 2.56. The van der Waals surface area contributed by atoms with Gasteiger partial charge in [-0.3, -0.25) is 0 Å². The summed E-state index contributed by atoms with van der Waals surface area (Å²) in [7, 11) is 0. The van der Waals surface area contributed by atoms with Crippen LogP contribution in [0, 0.1) is 30.1 Å². The first-order valence-electron chi connectivity index (χ1n) is 5.65. The maximum absolute atomic E-state index is 2.62. The molecule has 0 bridgehead atoms. The molecule has 4 unspecified atom stereocenters. The molecule has 3 aliphatic rings. The van der Waals surface area contributed by atoms with Gasteiger partial charge in [0.15, 0.2) is 0 Å². The molecule has 0 heterocycles. The Morgan fingerprint density at radius 1 is 1.00 bits per heavy atom. The fourth-order valence-electron chi connectivity index (χ4n) is 3.45. The van der Waals surface area contributed by atoms with Gasteiger partial charge in [0.25, 0.3) is 0 Å². The van der Waals surface area contributed by atoms with E-state index in [1.165, 1.54) is 25.7 Å². The van der Waals surface area contributed by atoms with Crippen molar-refractivity contribution < 1.29 is 21.7 Å². The van der Waals surface area contributed by atoms with Gasteiger partial charge >= 0.3 is 0 Å². The molecule has 14 heavy (non-hydrogen) atoms. The molecule has 0 aromatic rings. The van der Waals surface area contributed by atoms with Crippen LogP contribution in [0.4, 0.5) is 0 Å². The first kappa shape index (κ1) is 10.7. The minimum atomic E-state index is 0. The maximum atomic E-state index is 2.62. The minimum Gasteiger partial charge on any atom is -0.318 e. The van der Waals surface area contributed by atoms with Crippen molar-refractivity contribution in [1.82, 2.24) is 0 Å². The third-order valence-corrected chi connectivity index (χ3v) is 4.06. The third kappa shape index (κ3) is 1.68. The Morgan fingerprint density at radius 3 is 2.71 bits per heavy atom. The number of hydrogen-bond donors (Lipinski definition) is 0. The summed E-state index contributed by atoms with van der Waals surface area (Å²) in [6, 6.07) is 0. The SMILES string of the molecule is C1=CC2[CH-]C3CCCCC3C2C=C1.[Ti]. The van der Waals surface area contributed by atoms with Crippen LogP contribution in [0.15, 0.2) is 24.3 Å². The maximum Gasteiger partial charge on any atom is 0 e. The van der Waals surface area contributed by atoms with Gasteiger partial charge < -0.3 is 6.42 Å². The van der Waals surface area contributed by atoms with E-state index in [-0.39, 0.29) is 21.7 Å². The molecule has 2 saturated carbocycles. The molecule has 0 aromatic heterocycles. The van der Waals surface area contributed by atoms with Crippen molar-refractivity contribution in [2.45, 2.75) is 25.7 Å². The Balaban J connectivity index is 0.000000750. The van der Waals surface area contributed by atoms with Crippen molar-refractivity contribution in [3.8, 4) is 0 Å². The van der Waals surface area contributed by atoms with Crippen molar-refractivity contribution >= 4 is 0 Å². The molecule has 3 rings (SSSR count). The molecule has 0 radical (unpaired) electrons. The van der Waals surface area contributed by atoms with Crippen LogP contribution >= 0.6 is 0 Å². The van der Waals surface area contributed by atoms with Crippen molar-refractivity contribution in [2.24, 2.45) is 23.7 Å². The van der Waals surface area contributed by atoms with Gasteiger partial charge in [-0.15, -0.1) is 12.0 Å². The van der Waals surface area contributed by atoms with Gasteiger partial charge in [-0.05, 0) is 5.92 Å². The van der Waals surface area contributed by atoms with Gasteiger partial charge in [-0.2, -0.15) is 5.92 Å². The van der Waals surface area contributed by atoms with E-state index in [1.807, 2.05) is 0 Å². The molecule has 0 N–H and O–H groups in total. The van der Waals surface area contributed by atoms with Gasteiger partial charge in [0.1, 0.15) is 0 Å². The van der Waals surface area contributed by atoms with E-state index in [4.69, 9.17) is 0 Å². The number of allylic oxidation sites excluding steroid dienone is 4. The Labute approximate surface area is 102 Å². The second-order valence-electron chi connectivity index (χ2n) is 4.73. The van der Waals surface area contributed by atoms with Crippen LogP contribution in [0.25, 0.3) is 0 Å². The van der Waals surface area contributed by atoms with E-state index >= 15 is 0 Å². The van der Waals surface area contributed by atoms with Crippen molar-refractivity contribution in [1.29, 1.82) is 0 Å². The predicted molar refractivity (Wildman–Crippen MR) is 55.0 cm³/mol. The molecule has 0 aromatic carbocycles. The van der Waals surface area contributed by atoms with E-state index in [2.05, 4.69) is 30.7 Å². The van der Waals surface area contributed by atoms with E-state index < -0.39 is 0 Å². The number of fused-ring (bicyclic) bond motifs is 3. The normalized spacial score (nSPS) is 44.0. The van der Waals surface area contributed by atoms with E-state index in [9.17, 15) is 0 Å². The second kappa shape index (κ2) is 4.37. The smallest absolute Gasteiger partial charge is 0 e. The number of hydrogen-bond acceptors (Lipinski definition) is 0. The fourth-order valence-corrected chi connectivity index (χ4v) is 3.45. The summed E-state index contributed by atoms with van der Waals surface area (Å²) in [4.78, 5) is 0. The van der Waals surface area contributed by atoms with Crippen LogP contribution in [0.1, 0.15) is 25.7 Å². The predicted octanol–water partition coefficient (Wildman–Crippen LogP) is 3.37. The molecular weight excluding hydrogens is 204 g/mol. The Morgan fingerprint density at radius 2 is 1.79 bits per heavy atom. The minimum absolute atomic E-state index is 0. The molecule has 0 saturated heterocycles. The Kier molecular flexibility index (Phi) is 3.34. The summed E-state index contributed by atoms with van der Waals surface area (Å²) in [6.45, 7) is 0. The summed E-state index contributed by atoms with van der Waals surface area (Å²) >= 11 is 0. The molecule has 2 fully saturated rings. The van der Waals surface area contributed by atoms with Crippen LogP contribution in [-0.4, -0.2) is 0 Å². The molecule has 1 heteroatoms. The summed E-state index contributed by atoms with van der Waals surface area (Å²) in [6.07, 6.45) is 17.8. The summed E-state index contributed by atoms with van der Waals surface area (Å²) in [5.74, 6) is 3.56. The number of rotatable bonds is 0. The Bertz CT molecular complexity index is 254.